The van der Waals surface area contributed by atoms with Crippen molar-refractivity contribution in [2.75, 3.05) is 19.4 Å². The summed E-state index contributed by atoms with van der Waals surface area (Å²) >= 11 is 1.35. The van der Waals surface area contributed by atoms with Gasteiger partial charge in [-0.2, -0.15) is 0 Å². The number of piperidine rings is 1. The van der Waals surface area contributed by atoms with Gasteiger partial charge >= 0.3 is 0 Å². The summed E-state index contributed by atoms with van der Waals surface area (Å²) in [6.45, 7) is 4.87. The van der Waals surface area contributed by atoms with Crippen LogP contribution in [0.1, 0.15) is 31.7 Å². The second-order valence-corrected chi connectivity index (χ2v) is 9.61. The molecule has 1 fully saturated rings. The smallest absolute Gasteiger partial charge is 0.267 e. The Morgan fingerprint density at radius 3 is 2.79 bits per heavy atom. The van der Waals surface area contributed by atoms with Crippen LogP contribution in [-0.2, 0) is 4.79 Å². The van der Waals surface area contributed by atoms with E-state index >= 15 is 0 Å². The van der Waals surface area contributed by atoms with E-state index in [9.17, 15) is 9.59 Å². The minimum atomic E-state index is -0.200. The second kappa shape index (κ2) is 9.13. The van der Waals surface area contributed by atoms with Crippen LogP contribution in [0.15, 0.2) is 52.4 Å². The van der Waals surface area contributed by atoms with Crippen molar-refractivity contribution < 1.29 is 9.53 Å². The van der Waals surface area contributed by atoms with Crippen LogP contribution in [0.25, 0.3) is 22.4 Å². The van der Waals surface area contributed by atoms with Crippen molar-refractivity contribution in [2.45, 2.75) is 44.3 Å². The van der Waals surface area contributed by atoms with Crippen LogP contribution in [0.4, 0.5) is 0 Å². The molecule has 176 valence electrons. The molecule has 1 aliphatic rings. The molecule has 1 saturated heterocycles. The summed E-state index contributed by atoms with van der Waals surface area (Å²) in [7, 11) is 1.58. The Hall–Kier alpha value is -3.33. The fraction of sp³-hybridized carbons (Fsp3) is 0.360. The average molecular weight is 478 g/mol. The van der Waals surface area contributed by atoms with Crippen molar-refractivity contribution in [3.63, 3.8) is 0 Å². The number of hydrogen-bond acceptors (Lipinski definition) is 6. The number of carbonyl (C=O) groups excluding carboxylic acids is 1. The van der Waals surface area contributed by atoms with Crippen LogP contribution >= 0.6 is 11.8 Å². The molecule has 2 aromatic carbocycles. The van der Waals surface area contributed by atoms with Gasteiger partial charge in [-0.25, -0.2) is 4.57 Å². The number of likely N-dealkylation sites (tertiary alicyclic amines) is 1. The highest BCUT2D eigenvalue weighted by Crippen LogP contribution is 2.28. The molecule has 0 bridgehead atoms. The first-order chi connectivity index (χ1) is 16.5. The number of thioether (sulfide) groups is 1. The molecule has 1 atom stereocenters. The van der Waals surface area contributed by atoms with E-state index in [-0.39, 0.29) is 23.3 Å². The third-order valence-corrected chi connectivity index (χ3v) is 7.33. The molecule has 34 heavy (non-hydrogen) atoms. The molecule has 0 N–H and O–H groups in total. The van der Waals surface area contributed by atoms with Gasteiger partial charge in [0.1, 0.15) is 5.75 Å². The van der Waals surface area contributed by atoms with Crippen LogP contribution in [0.2, 0.25) is 0 Å². The molecular weight excluding hydrogens is 450 g/mol. The highest BCUT2D eigenvalue weighted by molar-refractivity contribution is 7.99. The monoisotopic (exact) mass is 477 g/mol. The van der Waals surface area contributed by atoms with Gasteiger partial charge in [-0.05, 0) is 62.9 Å². The maximum atomic E-state index is 13.6. The maximum absolute atomic E-state index is 13.6. The predicted molar refractivity (Wildman–Crippen MR) is 133 cm³/mol. The van der Waals surface area contributed by atoms with E-state index in [4.69, 9.17) is 4.74 Å². The molecule has 0 spiro atoms. The maximum Gasteiger partial charge on any atom is 0.267 e. The number of carbonyl (C=O) groups is 1. The average Bonchev–Trinajstić information content (AvgIpc) is 3.27. The molecule has 9 heteroatoms. The van der Waals surface area contributed by atoms with Crippen LogP contribution in [-0.4, -0.2) is 55.4 Å². The van der Waals surface area contributed by atoms with E-state index in [1.165, 1.54) is 18.2 Å². The first-order valence-corrected chi connectivity index (χ1v) is 12.4. The Morgan fingerprint density at radius 1 is 1.18 bits per heavy atom. The standard InChI is InChI=1S/C25H27N5O3S/c1-16-11-12-21(33-3)20(14-16)29-23(32)18-9-4-5-10-19(18)30-24(29)26-27-25(30)34-15-22(31)28-13-7-6-8-17(28)2/h4-5,9-12,14,17H,6-8,13,15H2,1-3H3. The summed E-state index contributed by atoms with van der Waals surface area (Å²) in [5.74, 6) is 1.32. The number of ether oxygens (including phenoxy) is 1. The van der Waals surface area contributed by atoms with E-state index in [0.717, 1.165) is 24.9 Å². The molecule has 2 aromatic heterocycles. The summed E-state index contributed by atoms with van der Waals surface area (Å²) < 4.78 is 8.96. The Labute approximate surface area is 201 Å². The van der Waals surface area contributed by atoms with Gasteiger partial charge < -0.3 is 9.64 Å². The van der Waals surface area contributed by atoms with Crippen molar-refractivity contribution in [2.24, 2.45) is 0 Å². The quantitative estimate of drug-likeness (QED) is 0.406. The van der Waals surface area contributed by atoms with Gasteiger partial charge in [-0.1, -0.05) is 30.0 Å². The zero-order valence-electron chi connectivity index (χ0n) is 19.5. The summed E-state index contributed by atoms with van der Waals surface area (Å²) in [5, 5.41) is 9.89. The van der Waals surface area contributed by atoms with Crippen LogP contribution in [0, 0.1) is 6.92 Å². The van der Waals surface area contributed by atoms with Gasteiger partial charge in [-0.15, -0.1) is 10.2 Å². The SMILES string of the molecule is COc1ccc(C)cc1-n1c(=O)c2ccccc2n2c(SCC(=O)N3CCCCC3C)nnc12. The first-order valence-electron chi connectivity index (χ1n) is 11.5. The molecule has 0 aliphatic carbocycles. The Balaban J connectivity index is 1.63. The number of fused-ring (bicyclic) bond motifs is 3. The lowest BCUT2D eigenvalue weighted by molar-refractivity contribution is -0.131. The second-order valence-electron chi connectivity index (χ2n) is 8.67. The Bertz CT molecular complexity index is 1440. The molecule has 3 heterocycles. The van der Waals surface area contributed by atoms with Gasteiger partial charge in [0.25, 0.3) is 5.56 Å². The lowest BCUT2D eigenvalue weighted by Gasteiger charge is -2.33. The number of benzene rings is 2. The third-order valence-electron chi connectivity index (χ3n) is 6.42. The van der Waals surface area contributed by atoms with Crippen molar-refractivity contribution in [3.05, 3.63) is 58.4 Å². The van der Waals surface area contributed by atoms with E-state index < -0.39 is 0 Å². The molecule has 8 nitrogen and oxygen atoms in total. The summed E-state index contributed by atoms with van der Waals surface area (Å²) in [4.78, 5) is 28.5. The van der Waals surface area contributed by atoms with E-state index in [2.05, 4.69) is 17.1 Å². The van der Waals surface area contributed by atoms with Gasteiger partial charge in [-0.3, -0.25) is 14.0 Å². The van der Waals surface area contributed by atoms with Crippen LogP contribution in [0.3, 0.4) is 0 Å². The Morgan fingerprint density at radius 2 is 2.00 bits per heavy atom. The van der Waals surface area contributed by atoms with E-state index in [1.54, 1.807) is 17.7 Å². The van der Waals surface area contributed by atoms with Crippen molar-refractivity contribution >= 4 is 34.3 Å². The lowest BCUT2D eigenvalue weighted by Crippen LogP contribution is -2.42. The summed E-state index contributed by atoms with van der Waals surface area (Å²) in [6, 6.07) is 13.3. The molecule has 4 aromatic rings. The predicted octanol–water partition coefficient (Wildman–Crippen LogP) is 3.84. The molecular formula is C25H27N5O3S. The number of amides is 1. The largest absolute Gasteiger partial charge is 0.495 e. The lowest BCUT2D eigenvalue weighted by atomic mass is 10.0. The zero-order valence-corrected chi connectivity index (χ0v) is 20.3. The van der Waals surface area contributed by atoms with Gasteiger partial charge in [0.2, 0.25) is 11.7 Å². The zero-order chi connectivity index (χ0) is 23.8. The number of hydrogen-bond donors (Lipinski definition) is 0. The highest BCUT2D eigenvalue weighted by Gasteiger charge is 2.25. The molecule has 0 radical (unpaired) electrons. The number of rotatable bonds is 5. The number of para-hydroxylation sites is 1. The highest BCUT2D eigenvalue weighted by atomic mass is 32.2. The van der Waals surface area contributed by atoms with Crippen LogP contribution in [0.5, 0.6) is 5.75 Å². The van der Waals surface area contributed by atoms with E-state index in [1.807, 2.05) is 52.6 Å². The number of aryl methyl sites for hydroxylation is 1. The van der Waals surface area contributed by atoms with Crippen molar-refractivity contribution in [1.82, 2.24) is 24.1 Å². The third kappa shape index (κ3) is 3.83. The number of nitrogens with zero attached hydrogens (tertiary/aromatic N) is 5. The molecule has 1 amide bonds. The number of methoxy groups -OCH3 is 1. The first kappa shape index (κ1) is 22.5. The van der Waals surface area contributed by atoms with Gasteiger partial charge in [0.05, 0.1) is 29.5 Å². The van der Waals surface area contributed by atoms with E-state index in [0.29, 0.717) is 33.3 Å². The fourth-order valence-corrected chi connectivity index (χ4v) is 5.47. The van der Waals surface area contributed by atoms with Gasteiger partial charge in [0.15, 0.2) is 5.16 Å². The fourth-order valence-electron chi connectivity index (χ4n) is 4.64. The molecule has 5 rings (SSSR count). The van der Waals surface area contributed by atoms with Crippen molar-refractivity contribution in [1.29, 1.82) is 0 Å². The minimum absolute atomic E-state index is 0.104. The topological polar surface area (TPSA) is 81.7 Å². The van der Waals surface area contributed by atoms with Crippen LogP contribution < -0.4 is 10.3 Å². The minimum Gasteiger partial charge on any atom is -0.495 e. The van der Waals surface area contributed by atoms with Gasteiger partial charge in [0, 0.05) is 12.6 Å². The molecule has 0 saturated carbocycles. The number of aromatic nitrogens is 4. The molecule has 1 aliphatic heterocycles. The molecule has 1 unspecified atom stereocenters. The normalized spacial score (nSPS) is 16.3. The summed E-state index contributed by atoms with van der Waals surface area (Å²) in [6.07, 6.45) is 3.25. The summed E-state index contributed by atoms with van der Waals surface area (Å²) in [5.41, 5.74) is 2.10. The Kier molecular flexibility index (Phi) is 6.03. The van der Waals surface area contributed by atoms with Crippen molar-refractivity contribution in [3.8, 4) is 11.4 Å².